The summed E-state index contributed by atoms with van der Waals surface area (Å²) >= 11 is 0. The van der Waals surface area contributed by atoms with Crippen molar-refractivity contribution in [3.8, 4) is 0 Å². The second-order valence-corrected chi connectivity index (χ2v) is 7.30. The molecule has 0 saturated carbocycles. The summed E-state index contributed by atoms with van der Waals surface area (Å²) in [6, 6.07) is -2.38. The van der Waals surface area contributed by atoms with Crippen molar-refractivity contribution in [2.24, 2.45) is 0 Å². The largest absolute Gasteiger partial charge is 0.460 e. The number of nitrogens with one attached hydrogen (secondary N) is 3. The molecule has 0 bridgehead atoms. The minimum Gasteiger partial charge on any atom is -0.460 e. The fraction of sp³-hybridized carbons (Fsp3) is 0.667. The van der Waals surface area contributed by atoms with Crippen LogP contribution in [-0.4, -0.2) is 73.1 Å². The molecule has 30 heavy (non-hydrogen) atoms. The molecule has 0 unspecified atom stereocenters. The highest BCUT2D eigenvalue weighted by Gasteiger charge is 2.34. The minimum atomic E-state index is -1.11. The van der Waals surface area contributed by atoms with Crippen molar-refractivity contribution in [3.63, 3.8) is 0 Å². The standard InChI is InChI=1S/C18H23N3O9/c22-13-4-1-10(19-13)16(25)28-7-9(30-18(27)12-3-6-15(24)21-12)8-29-17(26)11-2-5-14(23)20-11/h9-12H,1-8H2,(H,19,22)(H,20,23)(H,21,24)/t10-,11-,12-/m0/s1. The number of carbonyl (C=O) groups is 6. The minimum absolute atomic E-state index is 0.192. The van der Waals surface area contributed by atoms with E-state index in [4.69, 9.17) is 14.2 Å². The molecule has 0 spiro atoms. The molecule has 3 rings (SSSR count). The molecule has 3 amide bonds. The van der Waals surface area contributed by atoms with Crippen molar-refractivity contribution < 1.29 is 43.0 Å². The zero-order chi connectivity index (χ0) is 21.7. The van der Waals surface area contributed by atoms with E-state index in [0.29, 0.717) is 12.8 Å². The molecule has 3 atom stereocenters. The summed E-state index contributed by atoms with van der Waals surface area (Å²) in [6.45, 7) is -0.802. The fourth-order valence-corrected chi connectivity index (χ4v) is 3.29. The Kier molecular flexibility index (Phi) is 6.85. The Balaban J connectivity index is 1.53. The maximum Gasteiger partial charge on any atom is 0.329 e. The van der Waals surface area contributed by atoms with Gasteiger partial charge in [-0.1, -0.05) is 0 Å². The second kappa shape index (κ2) is 9.55. The van der Waals surface area contributed by atoms with E-state index >= 15 is 0 Å². The third-order valence-electron chi connectivity index (χ3n) is 4.95. The molecule has 12 nitrogen and oxygen atoms in total. The van der Waals surface area contributed by atoms with Crippen molar-refractivity contribution >= 4 is 35.6 Å². The van der Waals surface area contributed by atoms with Gasteiger partial charge in [-0.25, -0.2) is 14.4 Å². The van der Waals surface area contributed by atoms with Crippen molar-refractivity contribution in [2.75, 3.05) is 13.2 Å². The fourth-order valence-electron chi connectivity index (χ4n) is 3.29. The smallest absolute Gasteiger partial charge is 0.329 e. The Hall–Kier alpha value is -3.18. The van der Waals surface area contributed by atoms with E-state index in [0.717, 1.165) is 0 Å². The SMILES string of the molecule is O=C1CC[C@@H](C(=O)OCC(COC(=O)[C@@H]2CCC(=O)N2)OC(=O)[C@@H]2CCC(=O)N2)N1. The summed E-state index contributed by atoms with van der Waals surface area (Å²) < 4.78 is 15.5. The molecule has 0 radical (unpaired) electrons. The van der Waals surface area contributed by atoms with Gasteiger partial charge in [-0.2, -0.15) is 0 Å². The van der Waals surface area contributed by atoms with E-state index in [1.54, 1.807) is 0 Å². The summed E-state index contributed by atoms with van der Waals surface area (Å²) in [6.07, 6.45) is 0.369. The van der Waals surface area contributed by atoms with E-state index in [1.165, 1.54) is 0 Å². The molecule has 3 aliphatic rings. The van der Waals surface area contributed by atoms with Crippen LogP contribution in [-0.2, 0) is 43.0 Å². The van der Waals surface area contributed by atoms with Gasteiger partial charge in [0.05, 0.1) is 0 Å². The van der Waals surface area contributed by atoms with Crippen molar-refractivity contribution in [3.05, 3.63) is 0 Å². The van der Waals surface area contributed by atoms with Crippen LogP contribution in [0.15, 0.2) is 0 Å². The molecule has 3 heterocycles. The lowest BCUT2D eigenvalue weighted by Crippen LogP contribution is -2.42. The van der Waals surface area contributed by atoms with Crippen molar-refractivity contribution in [1.29, 1.82) is 0 Å². The van der Waals surface area contributed by atoms with Gasteiger partial charge in [0.1, 0.15) is 31.3 Å². The quantitative estimate of drug-likeness (QED) is 0.289. The molecule has 3 N–H and O–H groups in total. The van der Waals surface area contributed by atoms with Crippen LogP contribution in [0.3, 0.4) is 0 Å². The lowest BCUT2D eigenvalue weighted by atomic mass is 10.2. The van der Waals surface area contributed by atoms with Gasteiger partial charge in [0.25, 0.3) is 0 Å². The van der Waals surface area contributed by atoms with Gasteiger partial charge in [-0.05, 0) is 19.3 Å². The molecule has 3 aliphatic heterocycles. The lowest BCUT2D eigenvalue weighted by molar-refractivity contribution is -0.169. The molecular formula is C18H23N3O9. The molecule has 3 saturated heterocycles. The van der Waals surface area contributed by atoms with Crippen LogP contribution in [0.1, 0.15) is 38.5 Å². The van der Waals surface area contributed by atoms with Crippen LogP contribution >= 0.6 is 0 Å². The molecular weight excluding hydrogens is 402 g/mol. The summed E-state index contributed by atoms with van der Waals surface area (Å²) in [5.41, 5.74) is 0. The third kappa shape index (κ3) is 5.67. The molecule has 164 valence electrons. The number of rotatable bonds is 8. The average molecular weight is 425 g/mol. The van der Waals surface area contributed by atoms with E-state index < -0.39 is 55.4 Å². The first-order chi connectivity index (χ1) is 14.3. The Bertz CT molecular complexity index is 711. The van der Waals surface area contributed by atoms with Gasteiger partial charge in [0.2, 0.25) is 17.7 Å². The highest BCUT2D eigenvalue weighted by atomic mass is 16.6. The normalized spacial score (nSPS) is 25.5. The monoisotopic (exact) mass is 425 g/mol. The van der Waals surface area contributed by atoms with Gasteiger partial charge < -0.3 is 30.2 Å². The Labute approximate surface area is 171 Å². The van der Waals surface area contributed by atoms with E-state index in [-0.39, 0.29) is 43.4 Å². The molecule has 0 aromatic heterocycles. The number of ether oxygens (including phenoxy) is 3. The molecule has 0 aromatic rings. The predicted octanol–water partition coefficient (Wildman–Crippen LogP) is -2.18. The second-order valence-electron chi connectivity index (χ2n) is 7.30. The lowest BCUT2D eigenvalue weighted by Gasteiger charge is -2.21. The average Bonchev–Trinajstić information content (AvgIpc) is 3.44. The van der Waals surface area contributed by atoms with E-state index in [1.807, 2.05) is 0 Å². The Morgan fingerprint density at radius 2 is 1.07 bits per heavy atom. The number of hydrogen-bond acceptors (Lipinski definition) is 9. The molecule has 3 fully saturated rings. The van der Waals surface area contributed by atoms with E-state index in [9.17, 15) is 28.8 Å². The Morgan fingerprint density at radius 1 is 0.700 bits per heavy atom. The number of amides is 3. The first-order valence-corrected chi connectivity index (χ1v) is 9.73. The van der Waals surface area contributed by atoms with Crippen molar-refractivity contribution in [1.82, 2.24) is 16.0 Å². The van der Waals surface area contributed by atoms with Gasteiger partial charge in [0.15, 0.2) is 6.10 Å². The molecule has 0 aromatic carbocycles. The summed E-state index contributed by atoms with van der Waals surface area (Å²) in [5.74, 6) is -2.91. The zero-order valence-corrected chi connectivity index (χ0v) is 16.1. The van der Waals surface area contributed by atoms with Crippen LogP contribution in [0.2, 0.25) is 0 Å². The van der Waals surface area contributed by atoms with Crippen LogP contribution in [0.25, 0.3) is 0 Å². The summed E-state index contributed by atoms with van der Waals surface area (Å²) in [4.78, 5) is 70.2. The van der Waals surface area contributed by atoms with Crippen molar-refractivity contribution in [2.45, 2.75) is 62.8 Å². The first kappa shape index (κ1) is 21.5. The Morgan fingerprint density at radius 3 is 1.40 bits per heavy atom. The van der Waals surface area contributed by atoms with Gasteiger partial charge >= 0.3 is 17.9 Å². The number of hydrogen-bond donors (Lipinski definition) is 3. The first-order valence-electron chi connectivity index (χ1n) is 9.73. The highest BCUT2D eigenvalue weighted by molar-refractivity contribution is 5.89. The highest BCUT2D eigenvalue weighted by Crippen LogP contribution is 2.13. The van der Waals surface area contributed by atoms with Crippen LogP contribution < -0.4 is 16.0 Å². The topological polar surface area (TPSA) is 166 Å². The molecule has 0 aliphatic carbocycles. The van der Waals surface area contributed by atoms with Gasteiger partial charge in [-0.15, -0.1) is 0 Å². The van der Waals surface area contributed by atoms with Crippen LogP contribution in [0.4, 0.5) is 0 Å². The number of carbonyl (C=O) groups excluding carboxylic acids is 6. The maximum absolute atomic E-state index is 12.3. The van der Waals surface area contributed by atoms with Gasteiger partial charge in [0, 0.05) is 19.3 Å². The van der Waals surface area contributed by atoms with E-state index in [2.05, 4.69) is 16.0 Å². The van der Waals surface area contributed by atoms with Crippen LogP contribution in [0, 0.1) is 0 Å². The summed E-state index contributed by atoms with van der Waals surface area (Å²) in [5, 5.41) is 7.39. The van der Waals surface area contributed by atoms with Crippen LogP contribution in [0.5, 0.6) is 0 Å². The maximum atomic E-state index is 12.3. The predicted molar refractivity (Wildman–Crippen MR) is 95.3 cm³/mol. The number of esters is 3. The van der Waals surface area contributed by atoms with Gasteiger partial charge in [-0.3, -0.25) is 14.4 Å². The zero-order valence-electron chi connectivity index (χ0n) is 16.1. The summed E-state index contributed by atoms with van der Waals surface area (Å²) in [7, 11) is 0. The third-order valence-corrected chi connectivity index (χ3v) is 4.95. The molecule has 12 heteroatoms.